The number of anilines is 4. The largest absolute Gasteiger partial charge is 0.372 e. The van der Waals surface area contributed by atoms with Gasteiger partial charge in [0.2, 0.25) is 17.8 Å². The van der Waals surface area contributed by atoms with Crippen LogP contribution in [0.2, 0.25) is 0 Å². The highest BCUT2D eigenvalue weighted by molar-refractivity contribution is 5.99. The number of fused-ring (bicyclic) bond motifs is 1. The number of carbonyl (C=O) groups is 3. The molecule has 0 saturated heterocycles. The van der Waals surface area contributed by atoms with Gasteiger partial charge in [-0.3, -0.25) is 33.9 Å². The molecule has 234 valence electrons. The number of aromatic nitrogens is 6. The van der Waals surface area contributed by atoms with Crippen molar-refractivity contribution in [1.29, 1.82) is 0 Å². The number of Topliss-reactive ketones (excluding diaryl/α,β-unsaturated/α-hetero) is 1. The second-order valence-corrected chi connectivity index (χ2v) is 10.9. The van der Waals surface area contributed by atoms with Gasteiger partial charge in [-0.05, 0) is 44.4 Å². The highest BCUT2D eigenvalue weighted by Crippen LogP contribution is 2.32. The van der Waals surface area contributed by atoms with Crippen molar-refractivity contribution in [2.75, 3.05) is 35.3 Å². The number of hydrogen-bond acceptors (Lipinski definition) is 12. The standard InChI is InChI=1S/C30H34N10O5/c1-17-23-16-32-29(36-26(23)40(21-7-5-6-8-21)28(44)25(17)18(2)41)35-24-10-9-22(15-31-24)38(4)11-12-39(19(3)42)30-33-13-20(14-34-30)27(43)37-45/h9-10,13-16,21,45H,5-8,11-12H2,1-4H3,(H,37,43)(H,31,32,35,36). The molecule has 3 N–H and O–H groups in total. The molecule has 15 nitrogen and oxygen atoms in total. The van der Waals surface area contributed by atoms with Crippen LogP contribution < -0.4 is 26.2 Å². The van der Waals surface area contributed by atoms with E-state index in [0.717, 1.165) is 31.4 Å². The average molecular weight is 615 g/mol. The van der Waals surface area contributed by atoms with Crippen LogP contribution in [0.25, 0.3) is 11.0 Å². The van der Waals surface area contributed by atoms with E-state index >= 15 is 0 Å². The fourth-order valence-electron chi connectivity index (χ4n) is 5.53. The molecule has 0 aromatic carbocycles. The van der Waals surface area contributed by atoms with Gasteiger partial charge in [-0.1, -0.05) is 12.8 Å². The SMILES string of the molecule is CC(=O)c1c(C)c2cnc(Nc3ccc(N(C)CCN(C(C)=O)c4ncc(C(=O)NO)cn4)cn3)nc2n(C2CCCC2)c1=O. The molecule has 1 fully saturated rings. The number of aryl methyl sites for hydroxylation is 1. The van der Waals surface area contributed by atoms with Crippen molar-refractivity contribution in [1.82, 2.24) is 35.0 Å². The zero-order valence-electron chi connectivity index (χ0n) is 25.4. The van der Waals surface area contributed by atoms with Crippen LogP contribution in [0.5, 0.6) is 0 Å². The number of ketones is 1. The fraction of sp³-hybridized carbons (Fsp3) is 0.367. The van der Waals surface area contributed by atoms with Gasteiger partial charge in [0.05, 0.1) is 23.0 Å². The number of likely N-dealkylation sites (N-methyl/N-ethyl adjacent to an activating group) is 1. The molecule has 2 amide bonds. The van der Waals surface area contributed by atoms with Gasteiger partial charge in [0, 0.05) is 57.1 Å². The van der Waals surface area contributed by atoms with E-state index in [1.165, 1.54) is 36.6 Å². The first-order valence-electron chi connectivity index (χ1n) is 14.5. The molecule has 4 heterocycles. The maximum absolute atomic E-state index is 13.5. The fourth-order valence-corrected chi connectivity index (χ4v) is 5.53. The summed E-state index contributed by atoms with van der Waals surface area (Å²) in [6.07, 6.45) is 9.49. The normalized spacial score (nSPS) is 13.1. The smallest absolute Gasteiger partial charge is 0.277 e. The molecule has 1 aliphatic rings. The van der Waals surface area contributed by atoms with E-state index in [9.17, 15) is 19.2 Å². The molecule has 0 bridgehead atoms. The third-order valence-electron chi connectivity index (χ3n) is 7.96. The second-order valence-electron chi connectivity index (χ2n) is 10.9. The second kappa shape index (κ2) is 13.1. The Morgan fingerprint density at radius 1 is 1.00 bits per heavy atom. The Bertz CT molecular complexity index is 1800. The Morgan fingerprint density at radius 3 is 2.31 bits per heavy atom. The zero-order chi connectivity index (χ0) is 32.2. The predicted octanol–water partition coefficient (Wildman–Crippen LogP) is 2.95. The molecule has 1 saturated carbocycles. The van der Waals surface area contributed by atoms with E-state index in [0.29, 0.717) is 29.0 Å². The highest BCUT2D eigenvalue weighted by atomic mass is 16.5. The van der Waals surface area contributed by atoms with Crippen LogP contribution >= 0.6 is 0 Å². The highest BCUT2D eigenvalue weighted by Gasteiger charge is 2.26. The third kappa shape index (κ3) is 6.47. The first kappa shape index (κ1) is 31.1. The van der Waals surface area contributed by atoms with Gasteiger partial charge >= 0.3 is 0 Å². The summed E-state index contributed by atoms with van der Waals surface area (Å²) < 4.78 is 1.67. The van der Waals surface area contributed by atoms with E-state index in [2.05, 4.69) is 25.3 Å². The van der Waals surface area contributed by atoms with Crippen molar-refractivity contribution in [3.63, 3.8) is 0 Å². The Morgan fingerprint density at radius 2 is 1.71 bits per heavy atom. The minimum atomic E-state index is -0.754. The van der Waals surface area contributed by atoms with Crippen molar-refractivity contribution >= 4 is 52.0 Å². The summed E-state index contributed by atoms with van der Waals surface area (Å²) in [5.74, 6) is -0.406. The van der Waals surface area contributed by atoms with Crippen LogP contribution in [0.3, 0.4) is 0 Å². The van der Waals surface area contributed by atoms with Crippen LogP contribution in [0, 0.1) is 6.92 Å². The predicted molar refractivity (Wildman–Crippen MR) is 166 cm³/mol. The topological polar surface area (TPSA) is 188 Å². The molecule has 0 unspecified atom stereocenters. The number of amides is 2. The van der Waals surface area contributed by atoms with Crippen molar-refractivity contribution in [2.45, 2.75) is 52.5 Å². The van der Waals surface area contributed by atoms with Gasteiger partial charge in [0.25, 0.3) is 11.5 Å². The van der Waals surface area contributed by atoms with E-state index in [-0.39, 0.29) is 52.9 Å². The Hall–Kier alpha value is -5.31. The average Bonchev–Trinajstić information content (AvgIpc) is 3.55. The first-order valence-corrected chi connectivity index (χ1v) is 14.5. The molecule has 0 atom stereocenters. The van der Waals surface area contributed by atoms with Gasteiger partial charge < -0.3 is 10.2 Å². The maximum atomic E-state index is 13.5. The number of pyridine rings is 2. The first-order chi connectivity index (χ1) is 21.6. The van der Waals surface area contributed by atoms with E-state index < -0.39 is 5.91 Å². The number of hydrogen-bond donors (Lipinski definition) is 3. The summed E-state index contributed by atoms with van der Waals surface area (Å²) in [6.45, 7) is 5.24. The lowest BCUT2D eigenvalue weighted by atomic mass is 10.0. The molecule has 45 heavy (non-hydrogen) atoms. The zero-order valence-corrected chi connectivity index (χ0v) is 25.4. The summed E-state index contributed by atoms with van der Waals surface area (Å²) in [6, 6.07) is 3.60. The van der Waals surface area contributed by atoms with E-state index in [4.69, 9.17) is 10.2 Å². The van der Waals surface area contributed by atoms with Crippen molar-refractivity contribution in [2.24, 2.45) is 0 Å². The maximum Gasteiger partial charge on any atom is 0.277 e. The Labute approximate surface area is 258 Å². The quantitative estimate of drug-likeness (QED) is 0.135. The van der Waals surface area contributed by atoms with E-state index in [1.54, 1.807) is 30.0 Å². The number of nitrogens with one attached hydrogen (secondary N) is 2. The molecular weight excluding hydrogens is 580 g/mol. The lowest BCUT2D eigenvalue weighted by Gasteiger charge is -2.24. The number of nitrogens with zero attached hydrogens (tertiary/aromatic N) is 8. The minimum absolute atomic E-state index is 0.0213. The van der Waals surface area contributed by atoms with Gasteiger partial charge in [0.15, 0.2) is 5.78 Å². The lowest BCUT2D eigenvalue weighted by Crippen LogP contribution is -2.37. The molecule has 4 aromatic rings. The molecule has 5 rings (SSSR count). The van der Waals surface area contributed by atoms with Crippen LogP contribution in [0.4, 0.5) is 23.4 Å². The molecule has 0 spiro atoms. The van der Waals surface area contributed by atoms with Gasteiger partial charge in [-0.2, -0.15) is 4.98 Å². The number of carbonyl (C=O) groups excluding carboxylic acids is 3. The van der Waals surface area contributed by atoms with Gasteiger partial charge in [-0.15, -0.1) is 0 Å². The summed E-state index contributed by atoms with van der Waals surface area (Å²) >= 11 is 0. The summed E-state index contributed by atoms with van der Waals surface area (Å²) in [5.41, 5.74) is 3.29. The van der Waals surface area contributed by atoms with Crippen LogP contribution in [-0.4, -0.2) is 72.4 Å². The van der Waals surface area contributed by atoms with E-state index in [1.807, 2.05) is 18.0 Å². The molecule has 0 radical (unpaired) electrons. The van der Waals surface area contributed by atoms with Crippen molar-refractivity contribution in [3.8, 4) is 0 Å². The molecular formula is C30H34N10O5. The van der Waals surface area contributed by atoms with Gasteiger partial charge in [0.1, 0.15) is 11.5 Å². The molecule has 0 aliphatic heterocycles. The number of rotatable bonds is 10. The van der Waals surface area contributed by atoms with Crippen LogP contribution in [0.15, 0.2) is 41.7 Å². The third-order valence-corrected chi connectivity index (χ3v) is 7.96. The monoisotopic (exact) mass is 614 g/mol. The Kier molecular flexibility index (Phi) is 9.08. The summed E-state index contributed by atoms with van der Waals surface area (Å²) in [4.78, 5) is 74.7. The summed E-state index contributed by atoms with van der Waals surface area (Å²) in [5, 5.41) is 12.5. The molecule has 15 heteroatoms. The van der Waals surface area contributed by atoms with Crippen molar-refractivity contribution in [3.05, 3.63) is 64.0 Å². The molecule has 4 aromatic heterocycles. The van der Waals surface area contributed by atoms with Gasteiger partial charge in [-0.25, -0.2) is 25.4 Å². The minimum Gasteiger partial charge on any atom is -0.372 e. The number of hydroxylamine groups is 1. The van der Waals surface area contributed by atoms with Crippen LogP contribution in [0.1, 0.15) is 71.9 Å². The Balaban J connectivity index is 1.31. The van der Waals surface area contributed by atoms with Crippen LogP contribution in [-0.2, 0) is 4.79 Å². The molecule has 1 aliphatic carbocycles. The van der Waals surface area contributed by atoms with Crippen molar-refractivity contribution < 1.29 is 19.6 Å². The lowest BCUT2D eigenvalue weighted by molar-refractivity contribution is -0.116. The summed E-state index contributed by atoms with van der Waals surface area (Å²) in [7, 11) is 1.85.